The zero-order valence-electron chi connectivity index (χ0n) is 23.9. The first kappa shape index (κ1) is 43.0. The van der Waals surface area contributed by atoms with Gasteiger partial charge in [0.1, 0.15) is 6.10 Å². The van der Waals surface area contributed by atoms with Crippen LogP contribution in [0.2, 0.25) is 0 Å². The molecule has 1 unspecified atom stereocenters. The molecule has 0 bridgehead atoms. The van der Waals surface area contributed by atoms with Gasteiger partial charge in [-0.2, -0.15) is 11.6 Å². The molecule has 1 saturated carbocycles. The van der Waals surface area contributed by atoms with E-state index < -0.39 is 23.3 Å². The zero-order valence-corrected chi connectivity index (χ0v) is 26.9. The van der Waals surface area contributed by atoms with E-state index in [-0.39, 0.29) is 40.0 Å². The molecule has 224 valence electrons. The predicted octanol–water partition coefficient (Wildman–Crippen LogP) is 5.07. The van der Waals surface area contributed by atoms with E-state index in [1.165, 1.54) is 59.5 Å². The van der Waals surface area contributed by atoms with Crippen molar-refractivity contribution >= 4 is 17.9 Å². The van der Waals surface area contributed by atoms with Crippen molar-refractivity contribution in [1.29, 1.82) is 0 Å². The maximum Gasteiger partial charge on any atom is 2.00 e. The van der Waals surface area contributed by atoms with Gasteiger partial charge in [0, 0.05) is 6.08 Å². The number of carbonyl (C=O) groups is 3. The van der Waals surface area contributed by atoms with E-state index in [4.69, 9.17) is 28.2 Å². The van der Waals surface area contributed by atoms with Gasteiger partial charge in [-0.15, -0.1) is 0 Å². The van der Waals surface area contributed by atoms with E-state index in [9.17, 15) is 14.4 Å². The molecule has 1 atom stereocenters. The topological polar surface area (TPSA) is 148 Å². The van der Waals surface area contributed by atoms with Gasteiger partial charge in [0.25, 0.3) is 0 Å². The fraction of sp³-hybridized carbons (Fsp3) is 0.419. The molecule has 11 heteroatoms. The standard InChI is InChI=1S/C23H25O7.C5H10.3CO.W/c1-27-20(24)12-8-14-23(21(25)28-2,22(26)29-3)13-7-9-17-15-19(30-16-17)18-10-5-4-6-11-18;1-2-4-5-3-1;3*1-2;/h4-12,19H,13-15H2,1-3H3;1-5H2;;;;/q-1;;;;;+2/b9-7+,12-8+;;;;;. The molecular formula is C31H35O10W+. The summed E-state index contributed by atoms with van der Waals surface area (Å²) in [5.41, 5.74) is 0.223. The van der Waals surface area contributed by atoms with Gasteiger partial charge in [-0.3, -0.25) is 9.59 Å². The molecule has 1 aromatic rings. The van der Waals surface area contributed by atoms with Gasteiger partial charge in [-0.1, -0.05) is 74.8 Å². The molecule has 1 fully saturated rings. The van der Waals surface area contributed by atoms with Crippen LogP contribution < -0.4 is 0 Å². The summed E-state index contributed by atoms with van der Waals surface area (Å²) in [6.07, 6.45) is 16.8. The van der Waals surface area contributed by atoms with Crippen molar-refractivity contribution in [3.05, 3.63) is 92.0 Å². The Morgan fingerprint density at radius 2 is 1.33 bits per heavy atom. The van der Waals surface area contributed by atoms with E-state index in [1.54, 1.807) is 12.2 Å². The number of ether oxygens (including phenoxy) is 4. The van der Waals surface area contributed by atoms with Gasteiger partial charge in [0.05, 0.1) is 21.3 Å². The van der Waals surface area contributed by atoms with Crippen LogP contribution in [0.5, 0.6) is 0 Å². The minimum absolute atomic E-state index is 0. The summed E-state index contributed by atoms with van der Waals surface area (Å²) >= 11 is 0. The number of hydrogen-bond acceptors (Lipinski definition) is 7. The molecule has 1 heterocycles. The maximum absolute atomic E-state index is 12.5. The number of methoxy groups -OCH3 is 3. The summed E-state index contributed by atoms with van der Waals surface area (Å²) in [4.78, 5) is 36.3. The van der Waals surface area contributed by atoms with Crippen LogP contribution in [0.15, 0.2) is 60.2 Å². The molecule has 0 amide bonds. The monoisotopic (exact) mass is 751 g/mol. The van der Waals surface area contributed by atoms with Gasteiger partial charge < -0.3 is 18.9 Å². The smallest absolute Gasteiger partial charge is 2.00 e. The second kappa shape index (κ2) is 27.7. The minimum Gasteiger partial charge on any atom is 2.00 e. The molecule has 10 nitrogen and oxygen atoms in total. The van der Waals surface area contributed by atoms with E-state index in [1.807, 2.05) is 30.3 Å². The van der Waals surface area contributed by atoms with Crippen molar-refractivity contribution in [2.45, 2.75) is 57.5 Å². The third kappa shape index (κ3) is 15.5. The number of allylic oxidation sites excluding steroid dienone is 3. The third-order valence-corrected chi connectivity index (χ3v) is 6.02. The summed E-state index contributed by atoms with van der Waals surface area (Å²) in [7, 11) is 3.62. The van der Waals surface area contributed by atoms with Crippen LogP contribution in [-0.4, -0.2) is 39.2 Å². The first-order valence-electron chi connectivity index (χ1n) is 12.5. The number of hydrogen-bond donors (Lipinski definition) is 0. The quantitative estimate of drug-likeness (QED) is 0.0855. The predicted molar refractivity (Wildman–Crippen MR) is 143 cm³/mol. The van der Waals surface area contributed by atoms with Crippen LogP contribution in [0.1, 0.15) is 63.0 Å². The van der Waals surface area contributed by atoms with E-state index in [0.717, 1.165) is 17.2 Å². The number of carbonyl (C=O) groups excluding carboxylic acids is 3. The largest absolute Gasteiger partial charge is 2.00 e. The Morgan fingerprint density at radius 3 is 1.79 bits per heavy atom. The molecule has 0 N–H and O–H groups in total. The number of rotatable bonds is 9. The molecule has 0 saturated heterocycles. The van der Waals surface area contributed by atoms with Crippen molar-refractivity contribution in [1.82, 2.24) is 0 Å². The molecule has 0 radical (unpaired) electrons. The van der Waals surface area contributed by atoms with Crippen molar-refractivity contribution in [2.75, 3.05) is 21.3 Å². The van der Waals surface area contributed by atoms with Crippen LogP contribution in [-0.2, 0) is 68.4 Å². The molecule has 2 aliphatic rings. The zero-order chi connectivity index (χ0) is 31.5. The Bertz CT molecular complexity index is 1010. The normalized spacial score (nSPS) is 14.6. The molecular weight excluding hydrogens is 716 g/mol. The van der Waals surface area contributed by atoms with Crippen molar-refractivity contribution < 1.29 is 68.4 Å². The SMILES string of the molecule is C1CCCC1.COC(=O)/C=C/CC(C/C=C/C1=[C-]OC(c2ccccc2)C1)(C(=O)OC)C(=O)OC.[C-]#[O+].[C-]#[O+].[C-]#[O+].[W+2]. The molecule has 0 aromatic heterocycles. The maximum atomic E-state index is 12.5. The van der Waals surface area contributed by atoms with Crippen LogP contribution in [0.4, 0.5) is 0 Å². The fourth-order valence-corrected chi connectivity index (χ4v) is 3.99. The van der Waals surface area contributed by atoms with E-state index in [2.05, 4.69) is 31.0 Å². The van der Waals surface area contributed by atoms with Gasteiger partial charge in [-0.05, 0) is 24.8 Å². The first-order valence-corrected chi connectivity index (χ1v) is 12.5. The van der Waals surface area contributed by atoms with Crippen LogP contribution in [0.25, 0.3) is 0 Å². The van der Waals surface area contributed by atoms with E-state index >= 15 is 0 Å². The van der Waals surface area contributed by atoms with Crippen molar-refractivity contribution in [2.24, 2.45) is 5.41 Å². The third-order valence-electron chi connectivity index (χ3n) is 6.02. The van der Waals surface area contributed by atoms with Gasteiger partial charge in [0.15, 0.2) is 5.41 Å². The number of esters is 3. The molecule has 1 aliphatic carbocycles. The van der Waals surface area contributed by atoms with Crippen LogP contribution >= 0.6 is 0 Å². The van der Waals surface area contributed by atoms with Crippen LogP contribution in [0, 0.1) is 31.6 Å². The average Bonchev–Trinajstić information content (AvgIpc) is 3.79. The molecule has 1 aliphatic heterocycles. The minimum atomic E-state index is -1.62. The second-order valence-electron chi connectivity index (χ2n) is 8.42. The van der Waals surface area contributed by atoms with Crippen molar-refractivity contribution in [3.8, 4) is 0 Å². The summed E-state index contributed by atoms with van der Waals surface area (Å²) in [6.45, 7) is 13.5. The second-order valence-corrected chi connectivity index (χ2v) is 8.42. The molecule has 1 aromatic carbocycles. The summed E-state index contributed by atoms with van der Waals surface area (Å²) in [5.74, 6) is -2.10. The average molecular weight is 751 g/mol. The molecule has 3 rings (SSSR count). The fourth-order valence-electron chi connectivity index (χ4n) is 3.99. The summed E-state index contributed by atoms with van der Waals surface area (Å²) < 4.78 is 42.3. The van der Waals surface area contributed by atoms with Gasteiger partial charge >= 0.3 is 72.9 Å². The Morgan fingerprint density at radius 1 is 0.857 bits per heavy atom. The molecule has 0 spiro atoms. The van der Waals surface area contributed by atoms with Crippen molar-refractivity contribution in [3.63, 3.8) is 0 Å². The Kier molecular flexibility index (Phi) is 28.4. The first-order chi connectivity index (χ1) is 20.0. The van der Waals surface area contributed by atoms with E-state index in [0.29, 0.717) is 6.42 Å². The van der Waals surface area contributed by atoms with Gasteiger partial charge in [0.2, 0.25) is 0 Å². The summed E-state index contributed by atoms with van der Waals surface area (Å²) in [5, 5.41) is 0. The van der Waals surface area contributed by atoms with Crippen LogP contribution in [0.3, 0.4) is 0 Å². The Hall–Kier alpha value is -3.44. The Labute approximate surface area is 261 Å². The van der Waals surface area contributed by atoms with Gasteiger partial charge in [-0.25, -0.2) is 10.9 Å². The number of benzene rings is 1. The molecule has 42 heavy (non-hydrogen) atoms. The summed E-state index contributed by atoms with van der Waals surface area (Å²) in [6, 6.07) is 9.77. The Balaban J connectivity index is -0.00000109.